The highest BCUT2D eigenvalue weighted by Gasteiger charge is 2.22. The Labute approximate surface area is 111 Å². The quantitative estimate of drug-likeness (QED) is 0.886. The number of aryl methyl sites for hydroxylation is 1. The minimum Gasteiger partial charge on any atom is -0.384 e. The molecule has 100 valence electrons. The largest absolute Gasteiger partial charge is 0.384 e. The fourth-order valence-electron chi connectivity index (χ4n) is 2.83. The van der Waals surface area contributed by atoms with E-state index < -0.39 is 0 Å². The predicted octanol–water partition coefficient (Wildman–Crippen LogP) is 2.92. The van der Waals surface area contributed by atoms with Crippen molar-refractivity contribution < 1.29 is 0 Å². The minimum absolute atomic E-state index is 0.765. The van der Waals surface area contributed by atoms with E-state index in [9.17, 15) is 0 Å². The van der Waals surface area contributed by atoms with Crippen molar-refractivity contribution in [2.24, 2.45) is 5.92 Å². The van der Waals surface area contributed by atoms with Gasteiger partial charge in [-0.2, -0.15) is 0 Å². The van der Waals surface area contributed by atoms with Gasteiger partial charge in [-0.1, -0.05) is 6.42 Å². The van der Waals surface area contributed by atoms with Crippen LogP contribution in [0.5, 0.6) is 0 Å². The molecule has 18 heavy (non-hydrogen) atoms. The summed E-state index contributed by atoms with van der Waals surface area (Å²) in [6.07, 6.45) is 9.21. The molecule has 0 aromatic carbocycles. The van der Waals surface area contributed by atoms with Crippen molar-refractivity contribution in [2.75, 3.05) is 26.0 Å². The summed E-state index contributed by atoms with van der Waals surface area (Å²) in [6, 6.07) is 2.93. The highest BCUT2D eigenvalue weighted by molar-refractivity contribution is 5.42. The first-order valence-corrected chi connectivity index (χ1v) is 6.97. The van der Waals surface area contributed by atoms with Crippen LogP contribution in [-0.2, 0) is 0 Å². The summed E-state index contributed by atoms with van der Waals surface area (Å²) >= 11 is 0. The third-order valence-corrected chi connectivity index (χ3v) is 3.96. The fourth-order valence-corrected chi connectivity index (χ4v) is 2.83. The molecule has 0 aliphatic heterocycles. The van der Waals surface area contributed by atoms with E-state index in [0.29, 0.717) is 0 Å². The number of pyridine rings is 1. The summed E-state index contributed by atoms with van der Waals surface area (Å²) in [5.74, 6) is 0.798. The Hall–Kier alpha value is -1.09. The highest BCUT2D eigenvalue weighted by Crippen LogP contribution is 2.26. The van der Waals surface area contributed by atoms with Crippen LogP contribution >= 0.6 is 0 Å². The van der Waals surface area contributed by atoms with Gasteiger partial charge in [0.25, 0.3) is 0 Å². The first-order valence-electron chi connectivity index (χ1n) is 6.97. The molecule has 0 amide bonds. The Morgan fingerprint density at radius 1 is 1.33 bits per heavy atom. The molecule has 1 heterocycles. The second kappa shape index (κ2) is 6.19. The van der Waals surface area contributed by atoms with E-state index >= 15 is 0 Å². The lowest BCUT2D eigenvalue weighted by Gasteiger charge is -2.33. The number of aromatic nitrogens is 1. The van der Waals surface area contributed by atoms with Crippen molar-refractivity contribution in [3.05, 3.63) is 24.0 Å². The molecule has 2 atom stereocenters. The third kappa shape index (κ3) is 3.70. The molecule has 0 saturated heterocycles. The molecule has 2 rings (SSSR count). The van der Waals surface area contributed by atoms with Crippen LogP contribution in [-0.4, -0.2) is 36.6 Å². The molecule has 1 aromatic heterocycles. The maximum absolute atomic E-state index is 4.22. The van der Waals surface area contributed by atoms with Crippen molar-refractivity contribution >= 4 is 5.69 Å². The fraction of sp³-hybridized carbons (Fsp3) is 0.667. The summed E-state index contributed by atoms with van der Waals surface area (Å²) in [6.45, 7) is 3.16. The van der Waals surface area contributed by atoms with E-state index in [1.807, 2.05) is 12.4 Å². The lowest BCUT2D eigenvalue weighted by atomic mass is 9.85. The summed E-state index contributed by atoms with van der Waals surface area (Å²) in [5, 5.41) is 3.53. The first-order chi connectivity index (χ1) is 8.65. The molecule has 0 radical (unpaired) electrons. The maximum Gasteiger partial charge on any atom is 0.0529 e. The van der Waals surface area contributed by atoms with Gasteiger partial charge in [-0.15, -0.1) is 0 Å². The zero-order valence-corrected chi connectivity index (χ0v) is 11.8. The smallest absolute Gasteiger partial charge is 0.0529 e. The van der Waals surface area contributed by atoms with E-state index in [1.165, 1.54) is 31.2 Å². The van der Waals surface area contributed by atoms with Crippen molar-refractivity contribution in [3.63, 3.8) is 0 Å². The Morgan fingerprint density at radius 2 is 2.17 bits per heavy atom. The van der Waals surface area contributed by atoms with Gasteiger partial charge >= 0.3 is 0 Å². The molecule has 3 nitrogen and oxygen atoms in total. The monoisotopic (exact) mass is 247 g/mol. The summed E-state index contributed by atoms with van der Waals surface area (Å²) in [4.78, 5) is 6.60. The maximum atomic E-state index is 4.22. The summed E-state index contributed by atoms with van der Waals surface area (Å²) in [7, 11) is 4.40. The minimum atomic E-state index is 0.765. The first kappa shape index (κ1) is 13.3. The molecule has 1 N–H and O–H groups in total. The van der Waals surface area contributed by atoms with Gasteiger partial charge < -0.3 is 10.2 Å². The molecule has 1 aromatic rings. The molecule has 1 aliphatic carbocycles. The second-order valence-electron chi connectivity index (χ2n) is 5.78. The van der Waals surface area contributed by atoms with Crippen molar-refractivity contribution in [1.29, 1.82) is 0 Å². The number of nitrogens with one attached hydrogen (secondary N) is 1. The lowest BCUT2D eigenvalue weighted by molar-refractivity contribution is 0.190. The van der Waals surface area contributed by atoms with Crippen LogP contribution in [0.2, 0.25) is 0 Å². The van der Waals surface area contributed by atoms with Gasteiger partial charge in [0, 0.05) is 25.0 Å². The molecular formula is C15H25N3. The number of hydrogen-bond acceptors (Lipinski definition) is 3. The van der Waals surface area contributed by atoms with Gasteiger partial charge in [0.2, 0.25) is 0 Å². The van der Waals surface area contributed by atoms with E-state index in [-0.39, 0.29) is 0 Å². The van der Waals surface area contributed by atoms with Crippen molar-refractivity contribution in [1.82, 2.24) is 9.88 Å². The van der Waals surface area contributed by atoms with Gasteiger partial charge in [0.15, 0.2) is 0 Å². The molecule has 1 saturated carbocycles. The SMILES string of the molecule is Cc1cncc(NCC2CCCC(N(C)C)C2)c1. The van der Waals surface area contributed by atoms with E-state index in [2.05, 4.69) is 42.3 Å². The molecule has 1 aliphatic rings. The van der Waals surface area contributed by atoms with E-state index in [4.69, 9.17) is 0 Å². The molecule has 0 spiro atoms. The Balaban J connectivity index is 1.83. The van der Waals surface area contributed by atoms with Crippen molar-refractivity contribution in [2.45, 2.75) is 38.6 Å². The van der Waals surface area contributed by atoms with Crippen LogP contribution < -0.4 is 5.32 Å². The summed E-state index contributed by atoms with van der Waals surface area (Å²) < 4.78 is 0. The molecule has 3 heteroatoms. The number of hydrogen-bond donors (Lipinski definition) is 1. The Kier molecular flexibility index (Phi) is 4.59. The highest BCUT2D eigenvalue weighted by atomic mass is 15.1. The molecule has 0 bridgehead atoms. The van der Waals surface area contributed by atoms with Gasteiger partial charge in [0.1, 0.15) is 0 Å². The number of anilines is 1. The van der Waals surface area contributed by atoms with Crippen LogP contribution in [0, 0.1) is 12.8 Å². The molecular weight excluding hydrogens is 222 g/mol. The topological polar surface area (TPSA) is 28.2 Å². The number of rotatable bonds is 4. The Morgan fingerprint density at radius 3 is 2.89 bits per heavy atom. The van der Waals surface area contributed by atoms with Crippen molar-refractivity contribution in [3.8, 4) is 0 Å². The zero-order valence-electron chi connectivity index (χ0n) is 11.8. The average molecular weight is 247 g/mol. The van der Waals surface area contributed by atoms with Gasteiger partial charge in [-0.25, -0.2) is 0 Å². The normalized spacial score (nSPS) is 24.2. The average Bonchev–Trinajstić information content (AvgIpc) is 2.37. The third-order valence-electron chi connectivity index (χ3n) is 3.96. The van der Waals surface area contributed by atoms with Gasteiger partial charge in [-0.05, 0) is 57.8 Å². The zero-order chi connectivity index (χ0) is 13.0. The number of nitrogens with zero attached hydrogens (tertiary/aromatic N) is 2. The Bertz CT molecular complexity index is 376. The molecule has 1 fully saturated rings. The van der Waals surface area contributed by atoms with Crippen LogP contribution in [0.3, 0.4) is 0 Å². The van der Waals surface area contributed by atoms with Crippen LogP contribution in [0.1, 0.15) is 31.2 Å². The van der Waals surface area contributed by atoms with E-state index in [0.717, 1.165) is 24.2 Å². The lowest BCUT2D eigenvalue weighted by Crippen LogP contribution is -2.35. The standard InChI is InChI=1S/C15H25N3/c1-12-7-14(11-16-9-12)17-10-13-5-4-6-15(8-13)18(2)3/h7,9,11,13,15,17H,4-6,8,10H2,1-3H3. The van der Waals surface area contributed by atoms with E-state index in [1.54, 1.807) is 0 Å². The van der Waals surface area contributed by atoms with Gasteiger partial charge in [-0.3, -0.25) is 4.98 Å². The van der Waals surface area contributed by atoms with Crippen LogP contribution in [0.25, 0.3) is 0 Å². The second-order valence-corrected chi connectivity index (χ2v) is 5.78. The van der Waals surface area contributed by atoms with Crippen LogP contribution in [0.15, 0.2) is 18.5 Å². The predicted molar refractivity (Wildman–Crippen MR) is 76.9 cm³/mol. The van der Waals surface area contributed by atoms with Gasteiger partial charge in [0.05, 0.1) is 5.69 Å². The summed E-state index contributed by atoms with van der Waals surface area (Å²) in [5.41, 5.74) is 2.37. The molecule has 2 unspecified atom stereocenters. The van der Waals surface area contributed by atoms with Crippen LogP contribution in [0.4, 0.5) is 5.69 Å².